The summed E-state index contributed by atoms with van der Waals surface area (Å²) in [5.74, 6) is -1.73. The van der Waals surface area contributed by atoms with Crippen molar-refractivity contribution in [2.24, 2.45) is 0 Å². The maximum atomic E-state index is 12.8. The van der Waals surface area contributed by atoms with Crippen molar-refractivity contribution in [1.29, 1.82) is 0 Å². The van der Waals surface area contributed by atoms with E-state index in [-0.39, 0.29) is 18.9 Å². The lowest BCUT2D eigenvalue weighted by molar-refractivity contribution is -0.0930. The Labute approximate surface area is 143 Å². The minimum Gasteiger partial charge on any atom is -0.488 e. The first kappa shape index (κ1) is 16.4. The predicted octanol–water partition coefficient (Wildman–Crippen LogP) is 4.92. The topological polar surface area (TPSA) is 21.3 Å². The van der Waals surface area contributed by atoms with Gasteiger partial charge in [-0.3, -0.25) is 0 Å². The molecule has 2 aromatic rings. The van der Waals surface area contributed by atoms with E-state index in [1.165, 1.54) is 0 Å². The molecule has 0 saturated heterocycles. The molecule has 0 aromatic heterocycles. The fourth-order valence-electron chi connectivity index (χ4n) is 2.60. The number of rotatable bonds is 6. The minimum absolute atomic E-state index is 0.0746. The van der Waals surface area contributed by atoms with Crippen molar-refractivity contribution in [3.8, 4) is 5.75 Å². The van der Waals surface area contributed by atoms with E-state index in [1.54, 1.807) is 0 Å². The van der Waals surface area contributed by atoms with Gasteiger partial charge >= 0.3 is 0 Å². The van der Waals surface area contributed by atoms with Gasteiger partial charge in [-0.2, -0.15) is 0 Å². The normalized spacial score (nSPS) is 16.8. The molecule has 0 bridgehead atoms. The first-order valence-electron chi connectivity index (χ1n) is 7.59. The molecular formula is C18H18BrF2NO. The first-order chi connectivity index (χ1) is 11.0. The van der Waals surface area contributed by atoms with E-state index in [2.05, 4.69) is 21.2 Å². The molecule has 0 radical (unpaired) electrons. The molecule has 3 rings (SSSR count). The molecule has 0 heterocycles. The SMILES string of the molecule is FC1(F)CC(NCc2cccc(OCc3ccccc3)c2Br)C1. The van der Waals surface area contributed by atoms with Crippen LogP contribution < -0.4 is 10.1 Å². The number of nitrogens with one attached hydrogen (secondary N) is 1. The molecule has 122 valence electrons. The Bertz CT molecular complexity index is 655. The lowest BCUT2D eigenvalue weighted by Crippen LogP contribution is -2.48. The predicted molar refractivity (Wildman–Crippen MR) is 89.7 cm³/mol. The highest BCUT2D eigenvalue weighted by atomic mass is 79.9. The van der Waals surface area contributed by atoms with Gasteiger partial charge in [0.1, 0.15) is 12.4 Å². The van der Waals surface area contributed by atoms with E-state index >= 15 is 0 Å². The second kappa shape index (κ2) is 6.97. The van der Waals surface area contributed by atoms with Crippen LogP contribution in [0.1, 0.15) is 24.0 Å². The number of hydrogen-bond donors (Lipinski definition) is 1. The lowest BCUT2D eigenvalue weighted by atomic mass is 9.88. The fraction of sp³-hybridized carbons (Fsp3) is 0.333. The largest absolute Gasteiger partial charge is 0.488 e. The number of benzene rings is 2. The van der Waals surface area contributed by atoms with Crippen molar-refractivity contribution < 1.29 is 13.5 Å². The third-order valence-electron chi connectivity index (χ3n) is 3.95. The Kier molecular flexibility index (Phi) is 4.97. The monoisotopic (exact) mass is 381 g/mol. The highest BCUT2D eigenvalue weighted by molar-refractivity contribution is 9.10. The Morgan fingerprint density at radius 1 is 1.09 bits per heavy atom. The van der Waals surface area contributed by atoms with Gasteiger partial charge in [-0.25, -0.2) is 8.78 Å². The molecule has 5 heteroatoms. The summed E-state index contributed by atoms with van der Waals surface area (Å²) >= 11 is 3.55. The molecule has 1 saturated carbocycles. The summed E-state index contributed by atoms with van der Waals surface area (Å²) in [7, 11) is 0. The molecule has 1 N–H and O–H groups in total. The quantitative estimate of drug-likeness (QED) is 0.766. The van der Waals surface area contributed by atoms with Crippen molar-refractivity contribution in [2.45, 2.75) is 38.0 Å². The van der Waals surface area contributed by atoms with Gasteiger partial charge in [0.2, 0.25) is 0 Å². The summed E-state index contributed by atoms with van der Waals surface area (Å²) in [6.07, 6.45) is -0.149. The second-order valence-electron chi connectivity index (χ2n) is 5.85. The minimum atomic E-state index is -2.49. The molecule has 0 unspecified atom stereocenters. The summed E-state index contributed by atoms with van der Waals surface area (Å²) in [4.78, 5) is 0. The van der Waals surface area contributed by atoms with Crippen LogP contribution in [-0.2, 0) is 13.2 Å². The molecule has 1 fully saturated rings. The zero-order valence-corrected chi connectivity index (χ0v) is 14.2. The fourth-order valence-corrected chi connectivity index (χ4v) is 3.12. The van der Waals surface area contributed by atoms with E-state index in [0.29, 0.717) is 13.2 Å². The maximum Gasteiger partial charge on any atom is 0.251 e. The number of hydrogen-bond acceptors (Lipinski definition) is 2. The van der Waals surface area contributed by atoms with Crippen LogP contribution in [-0.4, -0.2) is 12.0 Å². The Balaban J connectivity index is 1.57. The van der Waals surface area contributed by atoms with Gasteiger partial charge in [0.15, 0.2) is 0 Å². The smallest absolute Gasteiger partial charge is 0.251 e. The molecule has 0 spiro atoms. The van der Waals surface area contributed by atoms with Gasteiger partial charge in [-0.1, -0.05) is 42.5 Å². The van der Waals surface area contributed by atoms with Crippen molar-refractivity contribution in [2.75, 3.05) is 0 Å². The van der Waals surface area contributed by atoms with E-state index in [9.17, 15) is 8.78 Å². The molecule has 1 aliphatic carbocycles. The summed E-state index contributed by atoms with van der Waals surface area (Å²) in [5.41, 5.74) is 2.10. The molecule has 0 aliphatic heterocycles. The van der Waals surface area contributed by atoms with Crippen LogP contribution in [0.3, 0.4) is 0 Å². The molecule has 2 nitrogen and oxygen atoms in total. The maximum absolute atomic E-state index is 12.8. The van der Waals surface area contributed by atoms with Gasteiger partial charge in [-0.05, 0) is 33.1 Å². The van der Waals surface area contributed by atoms with Crippen molar-refractivity contribution in [3.05, 3.63) is 64.1 Å². The van der Waals surface area contributed by atoms with Crippen LogP contribution in [0.4, 0.5) is 8.78 Å². The Morgan fingerprint density at radius 2 is 1.83 bits per heavy atom. The summed E-state index contributed by atoms with van der Waals surface area (Å²) < 4.78 is 32.4. The zero-order chi connectivity index (χ0) is 16.3. The van der Waals surface area contributed by atoms with Gasteiger partial charge in [-0.15, -0.1) is 0 Å². The molecule has 2 aromatic carbocycles. The highest BCUT2D eigenvalue weighted by Gasteiger charge is 2.44. The Hall–Kier alpha value is -1.46. The van der Waals surface area contributed by atoms with Crippen LogP contribution >= 0.6 is 15.9 Å². The number of ether oxygens (including phenoxy) is 1. The summed E-state index contributed by atoms with van der Waals surface area (Å²) in [6, 6.07) is 15.6. The van der Waals surface area contributed by atoms with Gasteiger partial charge in [0.25, 0.3) is 5.92 Å². The van der Waals surface area contributed by atoms with Crippen molar-refractivity contribution in [3.63, 3.8) is 0 Å². The van der Waals surface area contributed by atoms with Crippen molar-refractivity contribution in [1.82, 2.24) is 5.32 Å². The first-order valence-corrected chi connectivity index (χ1v) is 8.38. The molecular weight excluding hydrogens is 364 g/mol. The number of halogens is 3. The van der Waals surface area contributed by atoms with Crippen LogP contribution in [0, 0.1) is 0 Å². The third-order valence-corrected chi connectivity index (χ3v) is 4.85. The highest BCUT2D eigenvalue weighted by Crippen LogP contribution is 2.38. The van der Waals surface area contributed by atoms with Crippen LogP contribution in [0.5, 0.6) is 5.75 Å². The lowest BCUT2D eigenvalue weighted by Gasteiger charge is -2.35. The van der Waals surface area contributed by atoms with E-state index in [0.717, 1.165) is 21.3 Å². The third kappa shape index (κ3) is 4.30. The number of alkyl halides is 2. The van der Waals surface area contributed by atoms with E-state index < -0.39 is 5.92 Å². The second-order valence-corrected chi connectivity index (χ2v) is 6.64. The van der Waals surface area contributed by atoms with Gasteiger partial charge in [0.05, 0.1) is 4.47 Å². The standard InChI is InChI=1S/C18H18BrF2NO/c19-17-14(11-22-15-9-18(20,21)10-15)7-4-8-16(17)23-12-13-5-2-1-3-6-13/h1-8,15,22H,9-12H2. The summed E-state index contributed by atoms with van der Waals surface area (Å²) in [5, 5.41) is 3.17. The molecule has 1 aliphatic rings. The van der Waals surface area contributed by atoms with Crippen LogP contribution in [0.2, 0.25) is 0 Å². The van der Waals surface area contributed by atoms with Gasteiger partial charge in [0, 0.05) is 25.4 Å². The average Bonchev–Trinajstić information content (AvgIpc) is 2.52. The van der Waals surface area contributed by atoms with Crippen LogP contribution in [0.15, 0.2) is 53.0 Å². The molecule has 23 heavy (non-hydrogen) atoms. The van der Waals surface area contributed by atoms with Crippen LogP contribution in [0.25, 0.3) is 0 Å². The van der Waals surface area contributed by atoms with E-state index in [1.807, 2.05) is 48.5 Å². The Morgan fingerprint density at radius 3 is 2.52 bits per heavy atom. The molecule has 0 amide bonds. The zero-order valence-electron chi connectivity index (χ0n) is 12.6. The van der Waals surface area contributed by atoms with Crippen molar-refractivity contribution >= 4 is 15.9 Å². The summed E-state index contributed by atoms with van der Waals surface area (Å²) in [6.45, 7) is 1.04. The van der Waals surface area contributed by atoms with Gasteiger partial charge < -0.3 is 10.1 Å². The average molecular weight is 382 g/mol. The molecule has 0 atom stereocenters. The van der Waals surface area contributed by atoms with E-state index in [4.69, 9.17) is 4.74 Å².